The molecule has 1 heterocycles. The maximum absolute atomic E-state index is 12.3. The molecule has 0 amide bonds. The fourth-order valence-corrected chi connectivity index (χ4v) is 4.63. The molecule has 21 heavy (non-hydrogen) atoms. The van der Waals surface area contributed by atoms with Crippen LogP contribution in [0.2, 0.25) is 0 Å². The molecule has 0 N–H and O–H groups in total. The zero-order valence-corrected chi connectivity index (χ0v) is 13.3. The van der Waals surface area contributed by atoms with Gasteiger partial charge in [0.15, 0.2) is 9.84 Å². The van der Waals surface area contributed by atoms with Crippen molar-refractivity contribution in [2.45, 2.75) is 18.4 Å². The van der Waals surface area contributed by atoms with Gasteiger partial charge >= 0.3 is 5.97 Å². The predicted molar refractivity (Wildman–Crippen MR) is 81.0 cm³/mol. The molecule has 5 nitrogen and oxygen atoms in total. The van der Waals surface area contributed by atoms with E-state index >= 15 is 0 Å². The lowest BCUT2D eigenvalue weighted by Gasteiger charge is -2.08. The lowest BCUT2D eigenvalue weighted by Crippen LogP contribution is -2.12. The molecule has 0 radical (unpaired) electrons. The molecular formula is C14H15NO4S2. The lowest BCUT2D eigenvalue weighted by molar-refractivity contribution is 0.0600. The molecule has 0 aliphatic heterocycles. The number of nitrogens with zero attached hydrogens (tertiary/aromatic N) is 1. The zero-order chi connectivity index (χ0) is 15.5. The van der Waals surface area contributed by atoms with Gasteiger partial charge in [-0.05, 0) is 18.6 Å². The number of carbonyl (C=O) groups is 1. The van der Waals surface area contributed by atoms with Crippen LogP contribution in [0.5, 0.6) is 0 Å². The van der Waals surface area contributed by atoms with Gasteiger partial charge in [-0.25, -0.2) is 18.2 Å². The summed E-state index contributed by atoms with van der Waals surface area (Å²) < 4.78 is 29.2. The summed E-state index contributed by atoms with van der Waals surface area (Å²) in [5.41, 5.74) is 0.731. The maximum Gasteiger partial charge on any atom is 0.338 e. The fourth-order valence-electron chi connectivity index (χ4n) is 1.93. The van der Waals surface area contributed by atoms with Crippen LogP contribution in [0.3, 0.4) is 0 Å². The number of aromatic nitrogens is 1. The summed E-state index contributed by atoms with van der Waals surface area (Å²) >= 11 is 1.36. The van der Waals surface area contributed by atoms with Gasteiger partial charge in [-0.15, -0.1) is 11.3 Å². The van der Waals surface area contributed by atoms with E-state index in [9.17, 15) is 13.2 Å². The molecule has 0 fully saturated rings. The van der Waals surface area contributed by atoms with Crippen molar-refractivity contribution in [2.24, 2.45) is 0 Å². The Hall–Kier alpha value is -1.73. The van der Waals surface area contributed by atoms with Crippen molar-refractivity contribution in [3.63, 3.8) is 0 Å². The third-order valence-electron chi connectivity index (χ3n) is 2.83. The SMILES string of the molecule is COC(=O)c1ccccc1CS(=O)(=O)Cc1cnc(C)s1. The Morgan fingerprint density at radius 2 is 2.00 bits per heavy atom. The Bertz CT molecular complexity index is 750. The molecule has 0 atom stereocenters. The fraction of sp³-hybridized carbons (Fsp3) is 0.286. The van der Waals surface area contributed by atoms with Crippen LogP contribution < -0.4 is 0 Å². The number of hydrogen-bond donors (Lipinski definition) is 0. The normalized spacial score (nSPS) is 11.3. The summed E-state index contributed by atoms with van der Waals surface area (Å²) in [5, 5.41) is 0.829. The van der Waals surface area contributed by atoms with Crippen LogP contribution in [0.25, 0.3) is 0 Å². The topological polar surface area (TPSA) is 73.3 Å². The first-order valence-electron chi connectivity index (χ1n) is 6.19. The van der Waals surface area contributed by atoms with E-state index in [1.807, 2.05) is 6.92 Å². The van der Waals surface area contributed by atoms with Crippen LogP contribution in [0, 0.1) is 6.92 Å². The van der Waals surface area contributed by atoms with Crippen LogP contribution in [0.15, 0.2) is 30.5 Å². The second-order valence-electron chi connectivity index (χ2n) is 4.53. The predicted octanol–water partition coefficient (Wildman–Crippen LogP) is 2.35. The van der Waals surface area contributed by atoms with Crippen LogP contribution in [-0.4, -0.2) is 26.5 Å². The van der Waals surface area contributed by atoms with Crippen molar-refractivity contribution in [3.8, 4) is 0 Å². The minimum absolute atomic E-state index is 0.0754. The molecule has 0 saturated heterocycles. The quantitative estimate of drug-likeness (QED) is 0.789. The number of esters is 1. The number of ether oxygens (including phenoxy) is 1. The van der Waals surface area contributed by atoms with Crippen molar-refractivity contribution >= 4 is 27.1 Å². The summed E-state index contributed by atoms with van der Waals surface area (Å²) in [6.07, 6.45) is 1.57. The Morgan fingerprint density at radius 3 is 2.62 bits per heavy atom. The first-order chi connectivity index (χ1) is 9.91. The van der Waals surface area contributed by atoms with Crippen molar-refractivity contribution in [1.82, 2.24) is 4.98 Å². The van der Waals surface area contributed by atoms with E-state index in [0.717, 1.165) is 5.01 Å². The van der Waals surface area contributed by atoms with E-state index in [0.29, 0.717) is 10.4 Å². The summed E-state index contributed by atoms with van der Waals surface area (Å²) in [4.78, 5) is 16.4. The molecule has 1 aromatic carbocycles. The van der Waals surface area contributed by atoms with Crippen molar-refractivity contribution in [3.05, 3.63) is 51.5 Å². The monoisotopic (exact) mass is 325 g/mol. The first-order valence-corrected chi connectivity index (χ1v) is 8.83. The Balaban J connectivity index is 2.23. The average molecular weight is 325 g/mol. The van der Waals surface area contributed by atoms with E-state index in [-0.39, 0.29) is 17.1 Å². The number of sulfone groups is 1. The Labute approximate surface area is 127 Å². The van der Waals surface area contributed by atoms with Gasteiger partial charge in [0.25, 0.3) is 0 Å². The smallest absolute Gasteiger partial charge is 0.338 e. The van der Waals surface area contributed by atoms with E-state index in [4.69, 9.17) is 0 Å². The molecule has 0 unspecified atom stereocenters. The van der Waals surface area contributed by atoms with Crippen molar-refractivity contribution in [1.29, 1.82) is 0 Å². The molecule has 0 aliphatic rings. The molecule has 112 valence electrons. The third-order valence-corrected chi connectivity index (χ3v) is 5.43. The van der Waals surface area contributed by atoms with Crippen molar-refractivity contribution < 1.29 is 17.9 Å². The highest BCUT2D eigenvalue weighted by atomic mass is 32.2. The minimum Gasteiger partial charge on any atom is -0.465 e. The summed E-state index contributed by atoms with van der Waals surface area (Å²) in [5.74, 6) is -0.807. The largest absolute Gasteiger partial charge is 0.465 e. The second kappa shape index (κ2) is 6.36. The third kappa shape index (κ3) is 4.12. The van der Waals surface area contributed by atoms with E-state index in [1.54, 1.807) is 30.5 Å². The molecular weight excluding hydrogens is 310 g/mol. The highest BCUT2D eigenvalue weighted by molar-refractivity contribution is 7.90. The van der Waals surface area contributed by atoms with Crippen LogP contribution in [0.1, 0.15) is 25.8 Å². The number of thiazole rings is 1. The van der Waals surface area contributed by atoms with Gasteiger partial charge < -0.3 is 4.74 Å². The van der Waals surface area contributed by atoms with Crippen LogP contribution >= 0.6 is 11.3 Å². The number of aryl methyl sites for hydroxylation is 1. The molecule has 0 saturated carbocycles. The van der Waals surface area contributed by atoms with Crippen LogP contribution in [0.4, 0.5) is 0 Å². The number of methoxy groups -OCH3 is 1. The molecule has 7 heteroatoms. The molecule has 2 aromatic rings. The van der Waals surface area contributed by atoms with Gasteiger partial charge in [0.2, 0.25) is 0 Å². The number of carbonyl (C=O) groups excluding carboxylic acids is 1. The van der Waals surface area contributed by atoms with Gasteiger partial charge in [0.1, 0.15) is 0 Å². The lowest BCUT2D eigenvalue weighted by atomic mass is 10.1. The van der Waals surface area contributed by atoms with E-state index < -0.39 is 15.8 Å². The Kier molecular flexibility index (Phi) is 4.74. The van der Waals surface area contributed by atoms with Gasteiger partial charge in [0.05, 0.1) is 29.2 Å². The molecule has 0 bridgehead atoms. The van der Waals surface area contributed by atoms with E-state index in [1.165, 1.54) is 18.4 Å². The summed E-state index contributed by atoms with van der Waals surface area (Å²) in [6.45, 7) is 1.83. The summed E-state index contributed by atoms with van der Waals surface area (Å²) in [7, 11) is -2.10. The summed E-state index contributed by atoms with van der Waals surface area (Å²) in [6, 6.07) is 6.57. The molecule has 0 spiro atoms. The highest BCUT2D eigenvalue weighted by Crippen LogP contribution is 2.19. The van der Waals surface area contributed by atoms with Gasteiger partial charge in [-0.2, -0.15) is 0 Å². The first kappa shape index (κ1) is 15.7. The molecule has 0 aliphatic carbocycles. The Morgan fingerprint density at radius 1 is 1.29 bits per heavy atom. The maximum atomic E-state index is 12.3. The van der Waals surface area contributed by atoms with Crippen molar-refractivity contribution in [2.75, 3.05) is 7.11 Å². The van der Waals surface area contributed by atoms with E-state index in [2.05, 4.69) is 9.72 Å². The average Bonchev–Trinajstić information content (AvgIpc) is 2.82. The standard InChI is InChI=1S/C14H15NO4S2/c1-10-15-7-12(20-10)9-21(17,18)8-11-5-3-4-6-13(11)14(16)19-2/h3-7H,8-9H2,1-2H3. The van der Waals surface area contributed by atoms with Gasteiger partial charge in [-0.1, -0.05) is 18.2 Å². The number of rotatable bonds is 5. The zero-order valence-electron chi connectivity index (χ0n) is 11.7. The second-order valence-corrected chi connectivity index (χ2v) is 7.91. The van der Waals surface area contributed by atoms with Gasteiger partial charge in [0, 0.05) is 11.1 Å². The highest BCUT2D eigenvalue weighted by Gasteiger charge is 2.19. The number of benzene rings is 1. The number of hydrogen-bond acceptors (Lipinski definition) is 6. The van der Waals surface area contributed by atoms with Crippen LogP contribution in [-0.2, 0) is 26.1 Å². The minimum atomic E-state index is -3.38. The molecule has 2 rings (SSSR count). The van der Waals surface area contributed by atoms with Gasteiger partial charge in [-0.3, -0.25) is 0 Å². The molecule has 1 aromatic heterocycles.